The van der Waals surface area contributed by atoms with Gasteiger partial charge in [0.05, 0.1) is 0 Å². The molecule has 2 aliphatic rings. The van der Waals surface area contributed by atoms with E-state index >= 15 is 0 Å². The first-order chi connectivity index (χ1) is 7.08. The number of carbonyl (C=O) groups is 1. The minimum atomic E-state index is -1.20. The summed E-state index contributed by atoms with van der Waals surface area (Å²) in [5.74, 6) is -0.00468. The van der Waals surface area contributed by atoms with Crippen molar-refractivity contribution in [2.24, 2.45) is 5.41 Å². The highest BCUT2D eigenvalue weighted by molar-refractivity contribution is 5.93. The molecule has 0 radical (unpaired) electrons. The Hall–Kier alpha value is -1.15. The second kappa shape index (κ2) is 2.50. The van der Waals surface area contributed by atoms with E-state index in [1.54, 1.807) is 0 Å². The standard InChI is InChI=1S/C13H14O2/c1-12-7-6-11(14)13(12,15)10-5-3-2-4-9(10)8-12/h2-5,15H,6-8H2,1H3. The van der Waals surface area contributed by atoms with E-state index in [2.05, 4.69) is 0 Å². The number of rotatable bonds is 0. The summed E-state index contributed by atoms with van der Waals surface area (Å²) in [6, 6.07) is 7.78. The molecule has 2 aliphatic carbocycles. The molecule has 78 valence electrons. The van der Waals surface area contributed by atoms with Gasteiger partial charge in [-0.05, 0) is 24.0 Å². The topological polar surface area (TPSA) is 37.3 Å². The number of Topliss-reactive ketones (excluding diaryl/α,β-unsaturated/α-hetero) is 1. The lowest BCUT2D eigenvalue weighted by molar-refractivity contribution is -0.142. The number of aliphatic hydroxyl groups is 1. The number of benzene rings is 1. The number of ketones is 1. The van der Waals surface area contributed by atoms with E-state index < -0.39 is 5.60 Å². The second-order valence-corrected chi connectivity index (χ2v) is 5.03. The van der Waals surface area contributed by atoms with Crippen LogP contribution in [-0.4, -0.2) is 10.9 Å². The summed E-state index contributed by atoms with van der Waals surface area (Å²) in [6.07, 6.45) is 2.14. The van der Waals surface area contributed by atoms with E-state index in [9.17, 15) is 9.90 Å². The maximum Gasteiger partial charge on any atom is 0.169 e. The maximum atomic E-state index is 11.9. The fourth-order valence-electron chi connectivity index (χ4n) is 3.23. The Kier molecular flexibility index (Phi) is 1.52. The van der Waals surface area contributed by atoms with Crippen LogP contribution in [0.25, 0.3) is 0 Å². The zero-order valence-electron chi connectivity index (χ0n) is 8.79. The molecule has 2 heteroatoms. The Morgan fingerprint density at radius 3 is 2.87 bits per heavy atom. The van der Waals surface area contributed by atoms with Crippen molar-refractivity contribution in [1.82, 2.24) is 0 Å². The molecule has 3 rings (SSSR count). The van der Waals surface area contributed by atoms with Gasteiger partial charge >= 0.3 is 0 Å². The molecule has 2 unspecified atom stereocenters. The minimum Gasteiger partial charge on any atom is -0.377 e. The highest BCUT2D eigenvalue weighted by Gasteiger charge is 2.61. The summed E-state index contributed by atoms with van der Waals surface area (Å²) in [6.45, 7) is 2.03. The highest BCUT2D eigenvalue weighted by Crippen LogP contribution is 2.57. The van der Waals surface area contributed by atoms with E-state index in [0.29, 0.717) is 6.42 Å². The summed E-state index contributed by atoms with van der Waals surface area (Å²) < 4.78 is 0. The first-order valence-corrected chi connectivity index (χ1v) is 5.42. The molecule has 0 aromatic heterocycles. The molecule has 2 nitrogen and oxygen atoms in total. The Labute approximate surface area is 88.9 Å². The van der Waals surface area contributed by atoms with Crippen molar-refractivity contribution >= 4 is 5.78 Å². The van der Waals surface area contributed by atoms with Crippen molar-refractivity contribution in [3.63, 3.8) is 0 Å². The first-order valence-electron chi connectivity index (χ1n) is 5.42. The van der Waals surface area contributed by atoms with E-state index in [1.807, 2.05) is 31.2 Å². The molecule has 0 aliphatic heterocycles. The third-order valence-electron chi connectivity index (χ3n) is 4.17. The van der Waals surface area contributed by atoms with Crippen LogP contribution in [-0.2, 0) is 16.8 Å². The molecule has 1 aromatic carbocycles. The van der Waals surface area contributed by atoms with Crippen LogP contribution >= 0.6 is 0 Å². The SMILES string of the molecule is CC12CCC(=O)C1(O)c1ccccc1C2. The Bertz CT molecular complexity index is 452. The van der Waals surface area contributed by atoms with Gasteiger partial charge in [-0.1, -0.05) is 31.2 Å². The normalized spacial score (nSPS) is 37.9. The van der Waals surface area contributed by atoms with Crippen LogP contribution in [0.3, 0.4) is 0 Å². The average Bonchev–Trinajstić information content (AvgIpc) is 2.58. The Morgan fingerprint density at radius 2 is 2.07 bits per heavy atom. The molecule has 0 spiro atoms. The second-order valence-electron chi connectivity index (χ2n) is 5.03. The van der Waals surface area contributed by atoms with Gasteiger partial charge in [0.1, 0.15) is 0 Å². The zero-order valence-corrected chi connectivity index (χ0v) is 8.79. The van der Waals surface area contributed by atoms with Crippen molar-refractivity contribution in [2.75, 3.05) is 0 Å². The largest absolute Gasteiger partial charge is 0.377 e. The molecule has 1 fully saturated rings. The van der Waals surface area contributed by atoms with Crippen LogP contribution in [0.1, 0.15) is 30.9 Å². The van der Waals surface area contributed by atoms with E-state index in [1.165, 1.54) is 0 Å². The van der Waals surface area contributed by atoms with Gasteiger partial charge in [-0.3, -0.25) is 4.79 Å². The zero-order chi connectivity index (χ0) is 10.7. The summed E-state index contributed by atoms with van der Waals surface area (Å²) in [7, 11) is 0. The fraction of sp³-hybridized carbons (Fsp3) is 0.462. The average molecular weight is 202 g/mol. The van der Waals surface area contributed by atoms with Crippen molar-refractivity contribution in [3.05, 3.63) is 35.4 Å². The smallest absolute Gasteiger partial charge is 0.169 e. The van der Waals surface area contributed by atoms with Gasteiger partial charge in [0.25, 0.3) is 0 Å². The number of hydrogen-bond acceptors (Lipinski definition) is 2. The third-order valence-corrected chi connectivity index (χ3v) is 4.17. The fourth-order valence-corrected chi connectivity index (χ4v) is 3.23. The molecule has 0 heterocycles. The highest BCUT2D eigenvalue weighted by atomic mass is 16.3. The van der Waals surface area contributed by atoms with E-state index in [-0.39, 0.29) is 11.2 Å². The van der Waals surface area contributed by atoms with Crippen LogP contribution in [0.5, 0.6) is 0 Å². The van der Waals surface area contributed by atoms with Crippen molar-refractivity contribution in [3.8, 4) is 0 Å². The minimum absolute atomic E-state index is 0.00468. The van der Waals surface area contributed by atoms with Gasteiger partial charge < -0.3 is 5.11 Å². The summed E-state index contributed by atoms with van der Waals surface area (Å²) >= 11 is 0. The summed E-state index contributed by atoms with van der Waals surface area (Å²) in [4.78, 5) is 11.9. The Balaban J connectivity index is 2.28. The quantitative estimate of drug-likeness (QED) is 0.696. The summed E-state index contributed by atoms with van der Waals surface area (Å²) in [5.41, 5.74) is 0.503. The molecule has 2 atom stereocenters. The van der Waals surface area contributed by atoms with Gasteiger partial charge in [0.2, 0.25) is 0 Å². The molecule has 0 saturated heterocycles. The molecule has 15 heavy (non-hydrogen) atoms. The lowest BCUT2D eigenvalue weighted by Crippen LogP contribution is -2.40. The first kappa shape index (κ1) is 9.10. The predicted molar refractivity (Wildman–Crippen MR) is 56.4 cm³/mol. The van der Waals surface area contributed by atoms with Crippen LogP contribution < -0.4 is 0 Å². The van der Waals surface area contributed by atoms with Crippen LogP contribution in [0.4, 0.5) is 0 Å². The molecule has 1 N–H and O–H groups in total. The molecule has 0 amide bonds. The molecule has 0 bridgehead atoms. The van der Waals surface area contributed by atoms with Gasteiger partial charge in [0.15, 0.2) is 11.4 Å². The number of fused-ring (bicyclic) bond motifs is 3. The Morgan fingerprint density at radius 1 is 1.33 bits per heavy atom. The molecule has 1 aromatic rings. The van der Waals surface area contributed by atoms with Crippen molar-refractivity contribution in [2.45, 2.75) is 31.8 Å². The maximum absolute atomic E-state index is 11.9. The van der Waals surface area contributed by atoms with E-state index in [4.69, 9.17) is 0 Å². The third kappa shape index (κ3) is 0.864. The van der Waals surface area contributed by atoms with E-state index in [0.717, 1.165) is 24.0 Å². The lowest BCUT2D eigenvalue weighted by atomic mass is 9.76. The number of carbonyl (C=O) groups excluding carboxylic acids is 1. The predicted octanol–water partition coefficient (Wildman–Crippen LogP) is 1.80. The van der Waals surface area contributed by atoms with Crippen LogP contribution in [0.2, 0.25) is 0 Å². The van der Waals surface area contributed by atoms with Crippen LogP contribution in [0, 0.1) is 5.41 Å². The van der Waals surface area contributed by atoms with Gasteiger partial charge in [0, 0.05) is 11.8 Å². The molecular formula is C13H14O2. The molecular weight excluding hydrogens is 188 g/mol. The molecule has 1 saturated carbocycles. The van der Waals surface area contributed by atoms with Crippen molar-refractivity contribution in [1.29, 1.82) is 0 Å². The van der Waals surface area contributed by atoms with Crippen molar-refractivity contribution < 1.29 is 9.90 Å². The lowest BCUT2D eigenvalue weighted by Gasteiger charge is -2.31. The van der Waals surface area contributed by atoms with Gasteiger partial charge in [-0.2, -0.15) is 0 Å². The summed E-state index contributed by atoms with van der Waals surface area (Å²) in [5, 5.41) is 10.7. The monoisotopic (exact) mass is 202 g/mol. The van der Waals surface area contributed by atoms with Crippen LogP contribution in [0.15, 0.2) is 24.3 Å². The van der Waals surface area contributed by atoms with Gasteiger partial charge in [-0.15, -0.1) is 0 Å². The van der Waals surface area contributed by atoms with Gasteiger partial charge in [-0.25, -0.2) is 0 Å². The number of hydrogen-bond donors (Lipinski definition) is 1.